The molecule has 1 aliphatic heterocycles. The molecule has 9 heteroatoms. The van der Waals surface area contributed by atoms with Gasteiger partial charge in [-0.1, -0.05) is 18.2 Å². The first-order valence-electron chi connectivity index (χ1n) is 11.8. The van der Waals surface area contributed by atoms with Crippen molar-refractivity contribution in [3.05, 3.63) is 88.6 Å². The molecule has 0 atom stereocenters. The molecule has 7 nitrogen and oxygen atoms in total. The Balaban J connectivity index is 1.38. The SMILES string of the molecule is COc1cc(Cc2ccc3ncc(N4CCOCC4)nc3c2C#N)ccc1OCc1ccc(F)c(F)c1. The van der Waals surface area contributed by atoms with Gasteiger partial charge in [0.1, 0.15) is 24.0 Å². The molecule has 0 bridgehead atoms. The monoisotopic (exact) mass is 502 g/mol. The van der Waals surface area contributed by atoms with E-state index in [1.807, 2.05) is 24.3 Å². The molecular weight excluding hydrogens is 478 g/mol. The molecule has 4 aromatic rings. The van der Waals surface area contributed by atoms with Crippen LogP contribution in [0.1, 0.15) is 22.3 Å². The maximum atomic E-state index is 13.5. The summed E-state index contributed by atoms with van der Waals surface area (Å²) in [7, 11) is 1.53. The van der Waals surface area contributed by atoms with Crippen molar-refractivity contribution in [2.45, 2.75) is 13.0 Å². The third kappa shape index (κ3) is 5.29. The zero-order valence-corrected chi connectivity index (χ0v) is 20.2. The Labute approximate surface area is 212 Å². The fraction of sp³-hybridized carbons (Fsp3) is 0.250. The Morgan fingerprint density at radius 3 is 2.57 bits per heavy atom. The van der Waals surface area contributed by atoms with Gasteiger partial charge in [-0.3, -0.25) is 4.98 Å². The van der Waals surface area contributed by atoms with Gasteiger partial charge in [0.2, 0.25) is 0 Å². The molecule has 188 valence electrons. The van der Waals surface area contributed by atoms with Crippen LogP contribution in [-0.4, -0.2) is 43.4 Å². The van der Waals surface area contributed by atoms with Crippen molar-refractivity contribution in [1.82, 2.24) is 9.97 Å². The van der Waals surface area contributed by atoms with Crippen molar-refractivity contribution in [3.63, 3.8) is 0 Å². The lowest BCUT2D eigenvalue weighted by Gasteiger charge is -2.27. The van der Waals surface area contributed by atoms with Gasteiger partial charge in [-0.05, 0) is 53.4 Å². The number of halogens is 2. The molecule has 0 N–H and O–H groups in total. The van der Waals surface area contributed by atoms with E-state index in [4.69, 9.17) is 19.2 Å². The number of ether oxygens (including phenoxy) is 3. The standard InChI is InChI=1S/C28H24F2N4O3/c1-35-26-14-18(3-7-25(26)37-17-19-2-5-22(29)23(30)13-19)12-20-4-6-24-28(21(20)15-31)33-27(16-32-24)34-8-10-36-11-9-34/h2-7,13-14,16H,8-12,17H2,1H3. The van der Waals surface area contributed by atoms with E-state index >= 15 is 0 Å². The molecule has 0 amide bonds. The van der Waals surface area contributed by atoms with E-state index in [1.54, 1.807) is 12.3 Å². The van der Waals surface area contributed by atoms with E-state index in [0.29, 0.717) is 53.3 Å². The number of aromatic nitrogens is 2. The van der Waals surface area contributed by atoms with Crippen molar-refractivity contribution in [2.75, 3.05) is 38.3 Å². The molecule has 0 unspecified atom stereocenters. The number of nitriles is 1. The average Bonchev–Trinajstić information content (AvgIpc) is 2.94. The van der Waals surface area contributed by atoms with Crippen LogP contribution in [0.4, 0.5) is 14.6 Å². The lowest BCUT2D eigenvalue weighted by atomic mass is 9.98. The average molecular weight is 503 g/mol. The largest absolute Gasteiger partial charge is 0.493 e. The topological polar surface area (TPSA) is 80.5 Å². The Hall–Kier alpha value is -4.29. The van der Waals surface area contributed by atoms with Gasteiger partial charge >= 0.3 is 0 Å². The van der Waals surface area contributed by atoms with Gasteiger partial charge in [-0.25, -0.2) is 13.8 Å². The highest BCUT2D eigenvalue weighted by molar-refractivity contribution is 5.83. The van der Waals surface area contributed by atoms with Crippen LogP contribution in [0, 0.1) is 23.0 Å². The predicted octanol–water partition coefficient (Wildman–Crippen LogP) is 4.79. The lowest BCUT2D eigenvalue weighted by molar-refractivity contribution is 0.122. The molecule has 0 spiro atoms. The first-order chi connectivity index (χ1) is 18.1. The van der Waals surface area contributed by atoms with Crippen LogP contribution in [0.15, 0.2) is 54.7 Å². The molecule has 37 heavy (non-hydrogen) atoms. The summed E-state index contributed by atoms with van der Waals surface area (Å²) in [5, 5.41) is 10.0. The summed E-state index contributed by atoms with van der Waals surface area (Å²) in [6.45, 7) is 2.78. The number of hydrogen-bond donors (Lipinski definition) is 0. The summed E-state index contributed by atoms with van der Waals surface area (Å²) < 4.78 is 43.4. The fourth-order valence-corrected chi connectivity index (χ4v) is 4.28. The lowest BCUT2D eigenvalue weighted by Crippen LogP contribution is -2.36. The second-order valence-electron chi connectivity index (χ2n) is 8.61. The number of fused-ring (bicyclic) bond motifs is 1. The first kappa shape index (κ1) is 24.4. The third-order valence-corrected chi connectivity index (χ3v) is 6.24. The fourth-order valence-electron chi connectivity index (χ4n) is 4.28. The molecule has 1 fully saturated rings. The molecule has 3 aromatic carbocycles. The van der Waals surface area contributed by atoms with Gasteiger partial charge < -0.3 is 19.1 Å². The smallest absolute Gasteiger partial charge is 0.161 e. The highest BCUT2D eigenvalue weighted by atomic mass is 19.2. The Bertz CT molecular complexity index is 1480. The number of benzene rings is 3. The molecule has 1 saturated heterocycles. The van der Waals surface area contributed by atoms with Gasteiger partial charge in [0.15, 0.2) is 23.1 Å². The van der Waals surface area contributed by atoms with Gasteiger partial charge in [-0.15, -0.1) is 0 Å². The molecular formula is C28H24F2N4O3. The summed E-state index contributed by atoms with van der Waals surface area (Å²) in [5.74, 6) is -0.133. The summed E-state index contributed by atoms with van der Waals surface area (Å²) in [6, 6.07) is 15.2. The van der Waals surface area contributed by atoms with Gasteiger partial charge in [0.25, 0.3) is 0 Å². The van der Waals surface area contributed by atoms with Crippen LogP contribution in [0.2, 0.25) is 0 Å². The highest BCUT2D eigenvalue weighted by Crippen LogP contribution is 2.31. The van der Waals surface area contributed by atoms with E-state index in [9.17, 15) is 14.0 Å². The van der Waals surface area contributed by atoms with Crippen LogP contribution in [0.25, 0.3) is 11.0 Å². The van der Waals surface area contributed by atoms with Gasteiger partial charge in [0, 0.05) is 13.1 Å². The number of nitrogens with zero attached hydrogens (tertiary/aromatic N) is 4. The zero-order valence-electron chi connectivity index (χ0n) is 20.2. The highest BCUT2D eigenvalue weighted by Gasteiger charge is 2.17. The van der Waals surface area contributed by atoms with E-state index in [2.05, 4.69) is 16.0 Å². The van der Waals surface area contributed by atoms with Crippen LogP contribution in [-0.2, 0) is 17.8 Å². The van der Waals surface area contributed by atoms with Crippen molar-refractivity contribution in [3.8, 4) is 17.6 Å². The van der Waals surface area contributed by atoms with E-state index in [-0.39, 0.29) is 6.61 Å². The van der Waals surface area contributed by atoms with E-state index in [0.717, 1.165) is 42.2 Å². The minimum absolute atomic E-state index is 0.0559. The molecule has 0 aliphatic carbocycles. The maximum Gasteiger partial charge on any atom is 0.161 e. The zero-order chi connectivity index (χ0) is 25.8. The van der Waals surface area contributed by atoms with Gasteiger partial charge in [-0.2, -0.15) is 5.26 Å². The molecule has 1 aromatic heterocycles. The minimum Gasteiger partial charge on any atom is -0.493 e. The Morgan fingerprint density at radius 1 is 1.00 bits per heavy atom. The van der Waals surface area contributed by atoms with E-state index < -0.39 is 11.6 Å². The number of rotatable bonds is 7. The quantitative estimate of drug-likeness (QED) is 0.359. The molecule has 5 rings (SSSR count). The van der Waals surface area contributed by atoms with Gasteiger partial charge in [0.05, 0.1) is 37.6 Å². The maximum absolute atomic E-state index is 13.5. The third-order valence-electron chi connectivity index (χ3n) is 6.24. The minimum atomic E-state index is -0.922. The molecule has 1 aliphatic rings. The van der Waals surface area contributed by atoms with Crippen molar-refractivity contribution >= 4 is 16.9 Å². The summed E-state index contributed by atoms with van der Waals surface area (Å²) in [6.07, 6.45) is 2.21. The molecule has 2 heterocycles. The summed E-state index contributed by atoms with van der Waals surface area (Å²) in [4.78, 5) is 11.4. The van der Waals surface area contributed by atoms with Crippen LogP contribution >= 0.6 is 0 Å². The van der Waals surface area contributed by atoms with Crippen molar-refractivity contribution in [1.29, 1.82) is 5.26 Å². The van der Waals surface area contributed by atoms with Crippen LogP contribution in [0.5, 0.6) is 11.5 Å². The first-order valence-corrected chi connectivity index (χ1v) is 11.8. The summed E-state index contributed by atoms with van der Waals surface area (Å²) >= 11 is 0. The number of anilines is 1. The molecule has 0 radical (unpaired) electrons. The van der Waals surface area contributed by atoms with Crippen molar-refractivity contribution < 1.29 is 23.0 Å². The second-order valence-corrected chi connectivity index (χ2v) is 8.61. The number of morpholine rings is 1. The summed E-state index contributed by atoms with van der Waals surface area (Å²) in [5.41, 5.74) is 3.94. The molecule has 0 saturated carbocycles. The van der Waals surface area contributed by atoms with E-state index in [1.165, 1.54) is 13.2 Å². The number of methoxy groups -OCH3 is 1. The second kappa shape index (κ2) is 10.8. The predicted molar refractivity (Wildman–Crippen MR) is 134 cm³/mol. The van der Waals surface area contributed by atoms with Crippen LogP contribution in [0.3, 0.4) is 0 Å². The van der Waals surface area contributed by atoms with Crippen molar-refractivity contribution in [2.24, 2.45) is 0 Å². The number of hydrogen-bond acceptors (Lipinski definition) is 7. The Kier molecular flexibility index (Phi) is 7.10. The normalized spacial score (nSPS) is 13.4. The Morgan fingerprint density at radius 2 is 1.81 bits per heavy atom. The van der Waals surface area contributed by atoms with Crippen LogP contribution < -0.4 is 14.4 Å².